The highest BCUT2D eigenvalue weighted by molar-refractivity contribution is 9.10. The summed E-state index contributed by atoms with van der Waals surface area (Å²) in [5.74, 6) is -0.127. The molecule has 3 rings (SSSR count). The molecule has 1 N–H and O–H groups in total. The summed E-state index contributed by atoms with van der Waals surface area (Å²) in [4.78, 5) is 0.135. The van der Waals surface area contributed by atoms with E-state index in [1.54, 1.807) is 35.1 Å². The van der Waals surface area contributed by atoms with Crippen LogP contribution in [0.3, 0.4) is 0 Å². The van der Waals surface area contributed by atoms with E-state index in [9.17, 15) is 12.8 Å². The molecule has 0 aliphatic rings. The average molecular weight is 489 g/mol. The number of hydrogen-bond donors (Lipinski definition) is 1. The van der Waals surface area contributed by atoms with Gasteiger partial charge in [0.05, 0.1) is 15.9 Å². The van der Waals surface area contributed by atoms with Gasteiger partial charge in [-0.25, -0.2) is 12.8 Å². The molecule has 0 fully saturated rings. The molecule has 0 saturated carbocycles. The molecule has 0 aliphatic heterocycles. The van der Waals surface area contributed by atoms with Crippen molar-refractivity contribution in [3.05, 3.63) is 75.1 Å². The molecule has 0 unspecified atom stereocenters. The van der Waals surface area contributed by atoms with Crippen LogP contribution in [-0.2, 0) is 16.6 Å². The summed E-state index contributed by atoms with van der Waals surface area (Å²) in [7, 11) is -3.74. The van der Waals surface area contributed by atoms with Crippen molar-refractivity contribution in [3.8, 4) is 0 Å². The first-order valence-electron chi connectivity index (χ1n) is 7.09. The third-order valence-electron chi connectivity index (χ3n) is 3.33. The second-order valence-corrected chi connectivity index (χ2v) is 8.66. The van der Waals surface area contributed by atoms with Gasteiger partial charge in [-0.05, 0) is 57.9 Å². The van der Waals surface area contributed by atoms with E-state index in [-0.39, 0.29) is 16.5 Å². The number of aromatic nitrogens is 2. The molecule has 0 radical (unpaired) electrons. The molecule has 25 heavy (non-hydrogen) atoms. The standard InChI is InChI=1S/C16H12Br2FN3O2S/c17-12-3-7-14(8-4-12)25(23,24)21-16-15(18)10-22(20-16)9-11-1-5-13(19)6-2-11/h1-8,10H,9H2,(H,20,21). The molecule has 1 aromatic heterocycles. The Morgan fingerprint density at radius 1 is 1.04 bits per heavy atom. The van der Waals surface area contributed by atoms with Crippen LogP contribution in [0.4, 0.5) is 10.2 Å². The van der Waals surface area contributed by atoms with Crippen molar-refractivity contribution in [2.75, 3.05) is 4.72 Å². The maximum absolute atomic E-state index is 13.0. The molecular formula is C16H12Br2FN3O2S. The smallest absolute Gasteiger partial charge is 0.263 e. The van der Waals surface area contributed by atoms with Crippen LogP contribution in [-0.4, -0.2) is 18.2 Å². The first-order chi connectivity index (χ1) is 11.8. The van der Waals surface area contributed by atoms with E-state index in [0.717, 1.165) is 10.0 Å². The van der Waals surface area contributed by atoms with Gasteiger partial charge in [0.1, 0.15) is 5.82 Å². The molecule has 0 amide bonds. The van der Waals surface area contributed by atoms with Crippen molar-refractivity contribution in [3.63, 3.8) is 0 Å². The van der Waals surface area contributed by atoms with Gasteiger partial charge < -0.3 is 0 Å². The Labute approximate surface area is 161 Å². The zero-order valence-corrected chi connectivity index (χ0v) is 16.6. The summed E-state index contributed by atoms with van der Waals surface area (Å²) in [6, 6.07) is 12.3. The van der Waals surface area contributed by atoms with Gasteiger partial charge in [0, 0.05) is 10.7 Å². The van der Waals surface area contributed by atoms with Crippen LogP contribution >= 0.6 is 31.9 Å². The number of rotatable bonds is 5. The van der Waals surface area contributed by atoms with Crippen LogP contribution in [0.1, 0.15) is 5.56 Å². The van der Waals surface area contributed by atoms with Crippen LogP contribution in [0.5, 0.6) is 0 Å². The predicted octanol–water partition coefficient (Wildman–Crippen LogP) is 4.40. The molecule has 5 nitrogen and oxygen atoms in total. The zero-order valence-electron chi connectivity index (χ0n) is 12.7. The Bertz CT molecular complexity index is 987. The molecule has 3 aromatic rings. The van der Waals surface area contributed by atoms with E-state index in [1.807, 2.05) is 0 Å². The van der Waals surface area contributed by atoms with Gasteiger partial charge in [-0.15, -0.1) is 0 Å². The van der Waals surface area contributed by atoms with Gasteiger partial charge in [-0.2, -0.15) is 5.10 Å². The lowest BCUT2D eigenvalue weighted by Gasteiger charge is -2.06. The number of hydrogen-bond acceptors (Lipinski definition) is 3. The molecule has 0 saturated heterocycles. The van der Waals surface area contributed by atoms with Crippen LogP contribution in [0.2, 0.25) is 0 Å². The number of nitrogens with zero attached hydrogens (tertiary/aromatic N) is 2. The maximum Gasteiger partial charge on any atom is 0.263 e. The average Bonchev–Trinajstić information content (AvgIpc) is 2.89. The minimum atomic E-state index is -3.74. The van der Waals surface area contributed by atoms with Gasteiger partial charge in [0.15, 0.2) is 5.82 Å². The zero-order chi connectivity index (χ0) is 18.0. The van der Waals surface area contributed by atoms with Gasteiger partial charge in [0.2, 0.25) is 0 Å². The Morgan fingerprint density at radius 2 is 1.68 bits per heavy atom. The van der Waals surface area contributed by atoms with Crippen LogP contribution in [0.25, 0.3) is 0 Å². The topological polar surface area (TPSA) is 64.0 Å². The molecule has 2 aromatic carbocycles. The van der Waals surface area contributed by atoms with E-state index in [1.165, 1.54) is 24.3 Å². The van der Waals surface area contributed by atoms with E-state index in [2.05, 4.69) is 41.7 Å². The lowest BCUT2D eigenvalue weighted by Crippen LogP contribution is -2.14. The Balaban J connectivity index is 1.80. The molecule has 0 atom stereocenters. The molecule has 130 valence electrons. The van der Waals surface area contributed by atoms with Crippen molar-refractivity contribution in [1.29, 1.82) is 0 Å². The summed E-state index contributed by atoms with van der Waals surface area (Å²) in [5, 5.41) is 4.23. The van der Waals surface area contributed by atoms with Gasteiger partial charge >= 0.3 is 0 Å². The monoisotopic (exact) mass is 487 g/mol. The van der Waals surface area contributed by atoms with E-state index in [0.29, 0.717) is 11.0 Å². The Kier molecular flexibility index (Phi) is 5.26. The largest absolute Gasteiger partial charge is 0.265 e. The minimum Gasteiger partial charge on any atom is -0.265 e. The molecule has 0 aliphatic carbocycles. The Morgan fingerprint density at radius 3 is 2.32 bits per heavy atom. The van der Waals surface area contributed by atoms with Gasteiger partial charge in [-0.3, -0.25) is 9.40 Å². The minimum absolute atomic E-state index is 0.135. The summed E-state index contributed by atoms with van der Waals surface area (Å²) in [5.41, 5.74) is 0.846. The maximum atomic E-state index is 13.0. The van der Waals surface area contributed by atoms with Crippen molar-refractivity contribution in [1.82, 2.24) is 9.78 Å². The third kappa shape index (κ3) is 4.47. The van der Waals surface area contributed by atoms with Crippen molar-refractivity contribution in [2.24, 2.45) is 0 Å². The predicted molar refractivity (Wildman–Crippen MR) is 100 cm³/mol. The second-order valence-electron chi connectivity index (χ2n) is 5.21. The van der Waals surface area contributed by atoms with E-state index in [4.69, 9.17) is 0 Å². The number of benzene rings is 2. The van der Waals surface area contributed by atoms with Crippen LogP contribution in [0, 0.1) is 5.82 Å². The van der Waals surface area contributed by atoms with Crippen molar-refractivity contribution >= 4 is 47.7 Å². The summed E-state index contributed by atoms with van der Waals surface area (Å²) in [6.45, 7) is 0.388. The second kappa shape index (κ2) is 7.27. The molecule has 0 bridgehead atoms. The van der Waals surface area contributed by atoms with Crippen LogP contribution < -0.4 is 4.72 Å². The lowest BCUT2D eigenvalue weighted by molar-refractivity contribution is 0.600. The highest BCUT2D eigenvalue weighted by Crippen LogP contribution is 2.24. The fourth-order valence-electron chi connectivity index (χ4n) is 2.12. The number of halogens is 3. The summed E-state index contributed by atoms with van der Waals surface area (Å²) in [6.07, 6.45) is 1.66. The number of anilines is 1. The summed E-state index contributed by atoms with van der Waals surface area (Å²) >= 11 is 6.57. The quantitative estimate of drug-likeness (QED) is 0.579. The number of nitrogens with one attached hydrogen (secondary N) is 1. The highest BCUT2D eigenvalue weighted by atomic mass is 79.9. The van der Waals surface area contributed by atoms with E-state index >= 15 is 0 Å². The summed E-state index contributed by atoms with van der Waals surface area (Å²) < 4.78 is 43.1. The van der Waals surface area contributed by atoms with E-state index < -0.39 is 10.0 Å². The molecular weight excluding hydrogens is 477 g/mol. The fraction of sp³-hybridized carbons (Fsp3) is 0.0625. The molecule has 1 heterocycles. The Hall–Kier alpha value is -1.71. The van der Waals surface area contributed by atoms with Crippen LogP contribution in [0.15, 0.2) is 68.6 Å². The van der Waals surface area contributed by atoms with Crippen molar-refractivity contribution < 1.29 is 12.8 Å². The first kappa shape index (κ1) is 18.1. The number of sulfonamides is 1. The fourth-order valence-corrected chi connectivity index (χ4v) is 3.95. The highest BCUT2D eigenvalue weighted by Gasteiger charge is 2.18. The first-order valence-corrected chi connectivity index (χ1v) is 10.2. The lowest BCUT2D eigenvalue weighted by atomic mass is 10.2. The van der Waals surface area contributed by atoms with Gasteiger partial charge in [0.25, 0.3) is 10.0 Å². The molecule has 0 spiro atoms. The SMILES string of the molecule is O=S(=O)(Nc1nn(Cc2ccc(F)cc2)cc1Br)c1ccc(Br)cc1. The molecule has 9 heteroatoms. The van der Waals surface area contributed by atoms with Crippen molar-refractivity contribution in [2.45, 2.75) is 11.4 Å². The normalized spacial score (nSPS) is 11.5. The third-order valence-corrected chi connectivity index (χ3v) is 5.79. The van der Waals surface area contributed by atoms with Gasteiger partial charge in [-0.1, -0.05) is 28.1 Å².